The largest absolute Gasteiger partial charge is 0.459 e. The minimum Gasteiger partial charge on any atom is -0.459 e. The molecule has 0 aliphatic carbocycles. The van der Waals surface area contributed by atoms with Gasteiger partial charge in [-0.1, -0.05) is 30.3 Å². The average molecular weight is 455 g/mol. The highest BCUT2D eigenvalue weighted by atomic mass is 16.5. The first-order valence-electron chi connectivity index (χ1n) is 11.3. The highest BCUT2D eigenvalue weighted by molar-refractivity contribution is 5.95. The first kappa shape index (κ1) is 23.0. The van der Waals surface area contributed by atoms with E-state index < -0.39 is 11.9 Å². The highest BCUT2D eigenvalue weighted by Gasteiger charge is 2.30. The fourth-order valence-corrected chi connectivity index (χ4v) is 4.14. The van der Waals surface area contributed by atoms with Gasteiger partial charge in [0.2, 0.25) is 11.8 Å². The standard InChI is InChI=1S/C24H30N4O5/c29-22(27-12-15-32-16-13-27)18-26-8-10-28(11-9-26)24(31)20(17-19-5-2-1-3-6-19)25-23(30)21-7-4-14-33-21/h1-7,14,20H,8-13,15-18H2,(H,25,30)/t20-/m0/s1. The smallest absolute Gasteiger partial charge is 0.287 e. The molecule has 2 fully saturated rings. The number of hydrogen-bond donors (Lipinski definition) is 1. The summed E-state index contributed by atoms with van der Waals surface area (Å²) >= 11 is 0. The third-order valence-corrected chi connectivity index (χ3v) is 6.04. The number of amides is 3. The minimum atomic E-state index is -0.702. The second kappa shape index (κ2) is 11.1. The zero-order valence-corrected chi connectivity index (χ0v) is 18.7. The van der Waals surface area contributed by atoms with Crippen LogP contribution in [0.4, 0.5) is 0 Å². The SMILES string of the molecule is O=C(N[C@@H](Cc1ccccc1)C(=O)N1CCN(CC(=O)N2CCOCC2)CC1)c1ccco1. The first-order valence-corrected chi connectivity index (χ1v) is 11.3. The normalized spacial score (nSPS) is 18.1. The molecule has 9 nitrogen and oxygen atoms in total. The zero-order valence-electron chi connectivity index (χ0n) is 18.7. The van der Waals surface area contributed by atoms with Crippen molar-refractivity contribution < 1.29 is 23.5 Å². The van der Waals surface area contributed by atoms with E-state index in [0.29, 0.717) is 65.4 Å². The van der Waals surface area contributed by atoms with E-state index in [1.165, 1.54) is 6.26 Å². The maximum absolute atomic E-state index is 13.4. The molecular formula is C24H30N4O5. The van der Waals surface area contributed by atoms with Crippen LogP contribution >= 0.6 is 0 Å². The van der Waals surface area contributed by atoms with Crippen molar-refractivity contribution in [1.82, 2.24) is 20.0 Å². The van der Waals surface area contributed by atoms with Gasteiger partial charge in [-0.15, -0.1) is 0 Å². The van der Waals surface area contributed by atoms with E-state index in [9.17, 15) is 14.4 Å². The average Bonchev–Trinajstić information content (AvgIpc) is 3.40. The Hall–Kier alpha value is -3.17. The molecule has 2 aliphatic rings. The lowest BCUT2D eigenvalue weighted by atomic mass is 10.0. The lowest BCUT2D eigenvalue weighted by molar-refractivity contribution is -0.138. The summed E-state index contributed by atoms with van der Waals surface area (Å²) in [5.41, 5.74) is 0.963. The van der Waals surface area contributed by atoms with Crippen LogP contribution in [-0.2, 0) is 20.7 Å². The van der Waals surface area contributed by atoms with Gasteiger partial charge in [-0.25, -0.2) is 0 Å². The van der Waals surface area contributed by atoms with Crippen molar-refractivity contribution >= 4 is 17.7 Å². The molecule has 1 atom stereocenters. The number of ether oxygens (including phenoxy) is 1. The van der Waals surface area contributed by atoms with Crippen molar-refractivity contribution in [2.75, 3.05) is 59.0 Å². The highest BCUT2D eigenvalue weighted by Crippen LogP contribution is 2.11. The summed E-state index contributed by atoms with van der Waals surface area (Å²) in [5, 5.41) is 2.84. The number of benzene rings is 1. The van der Waals surface area contributed by atoms with Crippen molar-refractivity contribution in [3.63, 3.8) is 0 Å². The summed E-state index contributed by atoms with van der Waals surface area (Å²) in [6.07, 6.45) is 1.82. The molecule has 2 aromatic rings. The number of carbonyl (C=O) groups excluding carboxylic acids is 3. The van der Waals surface area contributed by atoms with Gasteiger partial charge in [0.25, 0.3) is 5.91 Å². The molecule has 9 heteroatoms. The fraction of sp³-hybridized carbons (Fsp3) is 0.458. The number of furan rings is 1. The maximum Gasteiger partial charge on any atom is 0.287 e. The van der Waals surface area contributed by atoms with Crippen LogP contribution in [0.15, 0.2) is 53.1 Å². The van der Waals surface area contributed by atoms with E-state index >= 15 is 0 Å². The quantitative estimate of drug-likeness (QED) is 0.659. The Morgan fingerprint density at radius 3 is 2.27 bits per heavy atom. The topological polar surface area (TPSA) is 95.3 Å². The zero-order chi connectivity index (χ0) is 23.0. The van der Waals surface area contributed by atoms with Crippen LogP contribution in [0.1, 0.15) is 16.1 Å². The van der Waals surface area contributed by atoms with Crippen molar-refractivity contribution in [2.24, 2.45) is 0 Å². The molecule has 4 rings (SSSR count). The lowest BCUT2D eigenvalue weighted by Gasteiger charge is -2.37. The van der Waals surface area contributed by atoms with E-state index in [4.69, 9.17) is 9.15 Å². The van der Waals surface area contributed by atoms with Gasteiger partial charge in [-0.05, 0) is 17.7 Å². The van der Waals surface area contributed by atoms with Crippen LogP contribution in [0.3, 0.4) is 0 Å². The molecule has 176 valence electrons. The third kappa shape index (κ3) is 6.21. The Kier molecular flexibility index (Phi) is 7.74. The third-order valence-electron chi connectivity index (χ3n) is 6.04. The molecule has 2 saturated heterocycles. The predicted octanol–water partition coefficient (Wildman–Crippen LogP) is 0.624. The van der Waals surface area contributed by atoms with Gasteiger partial charge in [0.15, 0.2) is 5.76 Å². The van der Waals surface area contributed by atoms with Crippen LogP contribution in [0.2, 0.25) is 0 Å². The Morgan fingerprint density at radius 2 is 1.61 bits per heavy atom. The number of hydrogen-bond acceptors (Lipinski definition) is 6. The Balaban J connectivity index is 1.34. The lowest BCUT2D eigenvalue weighted by Crippen LogP contribution is -2.57. The molecule has 0 radical (unpaired) electrons. The Bertz CT molecular complexity index is 920. The Morgan fingerprint density at radius 1 is 0.879 bits per heavy atom. The molecule has 1 aromatic carbocycles. The van der Waals surface area contributed by atoms with Crippen LogP contribution in [0.5, 0.6) is 0 Å². The molecular weight excluding hydrogens is 424 g/mol. The number of morpholine rings is 1. The van der Waals surface area contributed by atoms with Gasteiger partial charge in [-0.3, -0.25) is 19.3 Å². The monoisotopic (exact) mass is 454 g/mol. The van der Waals surface area contributed by atoms with Crippen LogP contribution in [-0.4, -0.2) is 97.5 Å². The van der Waals surface area contributed by atoms with Gasteiger partial charge < -0.3 is 24.3 Å². The summed E-state index contributed by atoms with van der Waals surface area (Å²) in [7, 11) is 0. The molecule has 0 bridgehead atoms. The molecule has 3 amide bonds. The van der Waals surface area contributed by atoms with Gasteiger partial charge in [0, 0.05) is 45.7 Å². The summed E-state index contributed by atoms with van der Waals surface area (Å²) in [5.74, 6) is -0.264. The van der Waals surface area contributed by atoms with Crippen molar-refractivity contribution in [1.29, 1.82) is 0 Å². The van der Waals surface area contributed by atoms with Crippen molar-refractivity contribution in [3.8, 4) is 0 Å². The maximum atomic E-state index is 13.4. The molecule has 33 heavy (non-hydrogen) atoms. The number of nitrogens with zero attached hydrogens (tertiary/aromatic N) is 3. The summed E-state index contributed by atoms with van der Waals surface area (Å²) in [6, 6.07) is 12.1. The summed E-state index contributed by atoms with van der Waals surface area (Å²) in [4.78, 5) is 44.1. The molecule has 3 heterocycles. The molecule has 1 N–H and O–H groups in total. The first-order chi connectivity index (χ1) is 16.1. The van der Waals surface area contributed by atoms with Gasteiger partial charge in [0.05, 0.1) is 26.0 Å². The number of carbonyl (C=O) groups is 3. The van der Waals surface area contributed by atoms with E-state index in [1.54, 1.807) is 17.0 Å². The van der Waals surface area contributed by atoms with E-state index in [-0.39, 0.29) is 17.6 Å². The second-order valence-electron chi connectivity index (χ2n) is 8.29. The second-order valence-corrected chi connectivity index (χ2v) is 8.29. The van der Waals surface area contributed by atoms with E-state index in [1.807, 2.05) is 35.2 Å². The summed E-state index contributed by atoms with van der Waals surface area (Å²) in [6.45, 7) is 5.04. The number of piperazine rings is 1. The predicted molar refractivity (Wildman–Crippen MR) is 121 cm³/mol. The molecule has 0 unspecified atom stereocenters. The van der Waals surface area contributed by atoms with E-state index in [0.717, 1.165) is 5.56 Å². The van der Waals surface area contributed by atoms with Crippen LogP contribution in [0, 0.1) is 0 Å². The van der Waals surface area contributed by atoms with Crippen molar-refractivity contribution in [2.45, 2.75) is 12.5 Å². The number of rotatable bonds is 7. The van der Waals surface area contributed by atoms with Gasteiger partial charge in [-0.2, -0.15) is 0 Å². The summed E-state index contributed by atoms with van der Waals surface area (Å²) < 4.78 is 10.5. The van der Waals surface area contributed by atoms with Crippen LogP contribution in [0.25, 0.3) is 0 Å². The minimum absolute atomic E-state index is 0.103. The van der Waals surface area contributed by atoms with Crippen molar-refractivity contribution in [3.05, 3.63) is 60.1 Å². The molecule has 2 aliphatic heterocycles. The van der Waals surface area contributed by atoms with Gasteiger partial charge in [0.1, 0.15) is 6.04 Å². The van der Waals surface area contributed by atoms with E-state index in [2.05, 4.69) is 10.2 Å². The Labute approximate surface area is 193 Å². The fourth-order valence-electron chi connectivity index (χ4n) is 4.14. The van der Waals surface area contributed by atoms with Crippen LogP contribution < -0.4 is 5.32 Å². The van der Waals surface area contributed by atoms with Gasteiger partial charge >= 0.3 is 0 Å². The molecule has 0 spiro atoms. The number of nitrogens with one attached hydrogen (secondary N) is 1. The molecule has 1 aromatic heterocycles. The molecule has 0 saturated carbocycles.